The zero-order valence-electron chi connectivity index (χ0n) is 10.8. The molecule has 17 heavy (non-hydrogen) atoms. The Hall–Kier alpha value is -1.06. The SMILES string of the molecule is CCC(CC)N(CCO)c1ccccc1CO. The molecule has 0 radical (unpaired) electrons. The predicted octanol–water partition coefficient (Wildman–Crippen LogP) is 2.17. The van der Waals surface area contributed by atoms with Crippen molar-refractivity contribution < 1.29 is 10.2 Å². The molecule has 0 atom stereocenters. The van der Waals surface area contributed by atoms with Gasteiger partial charge in [-0.2, -0.15) is 0 Å². The molecule has 0 spiro atoms. The van der Waals surface area contributed by atoms with E-state index in [0.29, 0.717) is 12.6 Å². The minimum Gasteiger partial charge on any atom is -0.395 e. The van der Waals surface area contributed by atoms with Crippen LogP contribution < -0.4 is 4.90 Å². The van der Waals surface area contributed by atoms with E-state index in [0.717, 1.165) is 24.1 Å². The summed E-state index contributed by atoms with van der Waals surface area (Å²) in [5.74, 6) is 0. The van der Waals surface area contributed by atoms with Crippen LogP contribution in [0.2, 0.25) is 0 Å². The van der Waals surface area contributed by atoms with Crippen molar-refractivity contribution in [2.45, 2.75) is 39.3 Å². The Kier molecular flexibility index (Phi) is 6.01. The molecule has 0 aromatic heterocycles. The minimum absolute atomic E-state index is 0.0399. The lowest BCUT2D eigenvalue weighted by atomic mass is 10.1. The van der Waals surface area contributed by atoms with E-state index in [9.17, 15) is 10.2 Å². The van der Waals surface area contributed by atoms with Crippen molar-refractivity contribution in [1.29, 1.82) is 0 Å². The van der Waals surface area contributed by atoms with E-state index in [4.69, 9.17) is 0 Å². The first-order valence-electron chi connectivity index (χ1n) is 6.34. The largest absolute Gasteiger partial charge is 0.395 e. The fraction of sp³-hybridized carbons (Fsp3) is 0.571. The van der Waals surface area contributed by atoms with Gasteiger partial charge in [0.2, 0.25) is 0 Å². The van der Waals surface area contributed by atoms with Crippen LogP contribution in [0.25, 0.3) is 0 Å². The van der Waals surface area contributed by atoms with Crippen molar-refractivity contribution in [2.24, 2.45) is 0 Å². The molecule has 0 amide bonds. The van der Waals surface area contributed by atoms with Crippen LogP contribution in [0.1, 0.15) is 32.3 Å². The normalized spacial score (nSPS) is 10.9. The molecule has 0 bridgehead atoms. The van der Waals surface area contributed by atoms with Crippen molar-refractivity contribution in [1.82, 2.24) is 0 Å². The van der Waals surface area contributed by atoms with E-state index in [1.165, 1.54) is 0 Å². The zero-order valence-corrected chi connectivity index (χ0v) is 10.8. The minimum atomic E-state index is 0.0399. The number of nitrogens with zero attached hydrogens (tertiary/aromatic N) is 1. The highest BCUT2D eigenvalue weighted by molar-refractivity contribution is 5.54. The molecular formula is C14H23NO2. The third-order valence-corrected chi connectivity index (χ3v) is 3.20. The number of benzene rings is 1. The van der Waals surface area contributed by atoms with Gasteiger partial charge in [-0.25, -0.2) is 0 Å². The second-order valence-corrected chi connectivity index (χ2v) is 4.17. The molecule has 0 aliphatic heterocycles. The molecule has 3 nitrogen and oxygen atoms in total. The topological polar surface area (TPSA) is 43.7 Å². The molecule has 0 aliphatic rings. The number of anilines is 1. The predicted molar refractivity (Wildman–Crippen MR) is 71.2 cm³/mol. The molecule has 0 saturated carbocycles. The van der Waals surface area contributed by atoms with Gasteiger partial charge in [0.25, 0.3) is 0 Å². The van der Waals surface area contributed by atoms with Crippen LogP contribution in [0.15, 0.2) is 24.3 Å². The Morgan fingerprint density at radius 1 is 1.12 bits per heavy atom. The Balaban J connectivity index is 3.03. The van der Waals surface area contributed by atoms with Gasteiger partial charge in [-0.3, -0.25) is 0 Å². The lowest BCUT2D eigenvalue weighted by molar-refractivity contribution is 0.279. The Bertz CT molecular complexity index is 324. The molecule has 0 fully saturated rings. The van der Waals surface area contributed by atoms with Crippen molar-refractivity contribution in [3.8, 4) is 0 Å². The highest BCUT2D eigenvalue weighted by Gasteiger charge is 2.17. The fourth-order valence-corrected chi connectivity index (χ4v) is 2.26. The van der Waals surface area contributed by atoms with E-state index in [1.54, 1.807) is 0 Å². The maximum atomic E-state index is 9.37. The highest BCUT2D eigenvalue weighted by atomic mass is 16.3. The van der Waals surface area contributed by atoms with Crippen LogP contribution in [0.3, 0.4) is 0 Å². The van der Waals surface area contributed by atoms with Gasteiger partial charge in [0, 0.05) is 23.8 Å². The van der Waals surface area contributed by atoms with Crippen molar-refractivity contribution in [3.05, 3.63) is 29.8 Å². The molecular weight excluding hydrogens is 214 g/mol. The van der Waals surface area contributed by atoms with Gasteiger partial charge < -0.3 is 15.1 Å². The lowest BCUT2D eigenvalue weighted by Crippen LogP contribution is -2.37. The first-order valence-corrected chi connectivity index (χ1v) is 6.34. The molecule has 0 aliphatic carbocycles. The smallest absolute Gasteiger partial charge is 0.0702 e. The van der Waals surface area contributed by atoms with Crippen LogP contribution in [-0.4, -0.2) is 29.4 Å². The van der Waals surface area contributed by atoms with Gasteiger partial charge in [0.1, 0.15) is 0 Å². The van der Waals surface area contributed by atoms with E-state index in [1.807, 2.05) is 24.3 Å². The second-order valence-electron chi connectivity index (χ2n) is 4.17. The number of aliphatic hydroxyl groups excluding tert-OH is 2. The van der Waals surface area contributed by atoms with E-state index >= 15 is 0 Å². The molecule has 0 unspecified atom stereocenters. The van der Waals surface area contributed by atoms with Gasteiger partial charge in [-0.05, 0) is 18.9 Å². The average molecular weight is 237 g/mol. The van der Waals surface area contributed by atoms with Crippen molar-refractivity contribution in [2.75, 3.05) is 18.1 Å². The molecule has 2 N–H and O–H groups in total. The second kappa shape index (κ2) is 7.30. The number of aliphatic hydroxyl groups is 2. The Morgan fingerprint density at radius 2 is 1.76 bits per heavy atom. The number of hydrogen-bond acceptors (Lipinski definition) is 3. The molecule has 1 rings (SSSR count). The van der Waals surface area contributed by atoms with Crippen LogP contribution in [0, 0.1) is 0 Å². The number of rotatable bonds is 7. The van der Waals surface area contributed by atoms with Crippen LogP contribution in [0.4, 0.5) is 5.69 Å². The van der Waals surface area contributed by atoms with Gasteiger partial charge in [0.05, 0.1) is 13.2 Å². The average Bonchev–Trinajstić information content (AvgIpc) is 2.39. The summed E-state index contributed by atoms with van der Waals surface area (Å²) >= 11 is 0. The van der Waals surface area contributed by atoms with E-state index < -0.39 is 0 Å². The summed E-state index contributed by atoms with van der Waals surface area (Å²) in [6.07, 6.45) is 2.08. The Morgan fingerprint density at radius 3 is 2.29 bits per heavy atom. The van der Waals surface area contributed by atoms with Gasteiger partial charge in [0.15, 0.2) is 0 Å². The van der Waals surface area contributed by atoms with Crippen LogP contribution in [0.5, 0.6) is 0 Å². The number of hydrogen-bond donors (Lipinski definition) is 2. The quantitative estimate of drug-likeness (QED) is 0.764. The molecule has 3 heteroatoms. The number of para-hydroxylation sites is 1. The molecule has 0 saturated heterocycles. The van der Waals surface area contributed by atoms with Gasteiger partial charge >= 0.3 is 0 Å². The van der Waals surface area contributed by atoms with Crippen LogP contribution >= 0.6 is 0 Å². The summed E-state index contributed by atoms with van der Waals surface area (Å²) in [7, 11) is 0. The summed E-state index contributed by atoms with van der Waals surface area (Å²) in [4.78, 5) is 2.20. The molecule has 1 aromatic carbocycles. The summed E-state index contributed by atoms with van der Waals surface area (Å²) in [5, 5.41) is 18.6. The van der Waals surface area contributed by atoms with Crippen LogP contribution in [-0.2, 0) is 6.61 Å². The maximum Gasteiger partial charge on any atom is 0.0702 e. The standard InChI is InChI=1S/C14H23NO2/c1-3-13(4-2)15(9-10-16)14-8-6-5-7-12(14)11-17/h5-8,13,16-17H,3-4,9-11H2,1-2H3. The third-order valence-electron chi connectivity index (χ3n) is 3.20. The highest BCUT2D eigenvalue weighted by Crippen LogP contribution is 2.24. The van der Waals surface area contributed by atoms with Gasteiger partial charge in [-0.15, -0.1) is 0 Å². The van der Waals surface area contributed by atoms with E-state index in [-0.39, 0.29) is 13.2 Å². The van der Waals surface area contributed by atoms with Crippen molar-refractivity contribution in [3.63, 3.8) is 0 Å². The first kappa shape index (κ1) is 14.0. The summed E-state index contributed by atoms with van der Waals surface area (Å²) < 4.78 is 0. The Labute approximate surface area is 104 Å². The lowest BCUT2D eigenvalue weighted by Gasteiger charge is -2.33. The van der Waals surface area contributed by atoms with E-state index in [2.05, 4.69) is 18.7 Å². The van der Waals surface area contributed by atoms with Gasteiger partial charge in [-0.1, -0.05) is 32.0 Å². The molecule has 0 heterocycles. The molecule has 96 valence electrons. The monoisotopic (exact) mass is 237 g/mol. The maximum absolute atomic E-state index is 9.37. The summed E-state index contributed by atoms with van der Waals surface area (Å²) in [6, 6.07) is 8.26. The third kappa shape index (κ3) is 3.45. The summed E-state index contributed by atoms with van der Waals surface area (Å²) in [6.45, 7) is 5.10. The van der Waals surface area contributed by atoms with Crippen molar-refractivity contribution >= 4 is 5.69 Å². The fourth-order valence-electron chi connectivity index (χ4n) is 2.26. The zero-order chi connectivity index (χ0) is 12.7. The summed E-state index contributed by atoms with van der Waals surface area (Å²) in [5.41, 5.74) is 1.96. The molecule has 1 aromatic rings. The first-order chi connectivity index (χ1) is 8.28.